The second-order valence-electron chi connectivity index (χ2n) is 4.46. The molecule has 2 rings (SSSR count). The first-order valence-electron chi connectivity index (χ1n) is 5.97. The fraction of sp³-hybridized carbons (Fsp3) is 0.462. The highest BCUT2D eigenvalue weighted by molar-refractivity contribution is 5.87. The quantitative estimate of drug-likeness (QED) is 0.814. The topological polar surface area (TPSA) is 61.8 Å². The van der Waals surface area contributed by atoms with Gasteiger partial charge < -0.3 is 20.1 Å². The summed E-state index contributed by atoms with van der Waals surface area (Å²) in [6.07, 6.45) is 0. The van der Waals surface area contributed by atoms with Gasteiger partial charge in [-0.1, -0.05) is 6.07 Å². The fourth-order valence-corrected chi connectivity index (χ4v) is 2.20. The highest BCUT2D eigenvalue weighted by Gasteiger charge is 2.32. The third kappa shape index (κ3) is 2.41. The van der Waals surface area contributed by atoms with Gasteiger partial charge in [-0.15, -0.1) is 0 Å². The van der Waals surface area contributed by atoms with Gasteiger partial charge in [0.05, 0.1) is 13.7 Å². The molecular weight excluding hydrogens is 232 g/mol. The maximum atomic E-state index is 11.8. The molecule has 0 saturated carbocycles. The average molecular weight is 250 g/mol. The van der Waals surface area contributed by atoms with Crippen molar-refractivity contribution in [2.24, 2.45) is 0 Å². The minimum absolute atomic E-state index is 0.0616. The number of anilines is 1. The zero-order valence-corrected chi connectivity index (χ0v) is 10.6. The number of carbonyl (C=O) groups is 1. The van der Waals surface area contributed by atoms with Crippen LogP contribution in [0.4, 0.5) is 5.69 Å². The summed E-state index contributed by atoms with van der Waals surface area (Å²) < 4.78 is 5.18. The molecule has 1 aliphatic heterocycles. The summed E-state index contributed by atoms with van der Waals surface area (Å²) >= 11 is 0. The lowest BCUT2D eigenvalue weighted by Gasteiger charge is -2.39. The maximum Gasteiger partial charge on any atom is 0.245 e. The number of nitrogens with one attached hydrogen (secondary N) is 1. The average Bonchev–Trinajstić information content (AvgIpc) is 2.38. The summed E-state index contributed by atoms with van der Waals surface area (Å²) in [6, 6.07) is 7.04. The van der Waals surface area contributed by atoms with Crippen LogP contribution in [0.15, 0.2) is 24.3 Å². The van der Waals surface area contributed by atoms with Gasteiger partial charge in [-0.25, -0.2) is 0 Å². The zero-order valence-electron chi connectivity index (χ0n) is 10.6. The van der Waals surface area contributed by atoms with E-state index in [9.17, 15) is 9.90 Å². The Morgan fingerprint density at radius 3 is 3.00 bits per heavy atom. The number of hydrogen-bond acceptors (Lipinski definition) is 4. The van der Waals surface area contributed by atoms with Crippen molar-refractivity contribution in [2.45, 2.75) is 19.0 Å². The Kier molecular flexibility index (Phi) is 3.72. The van der Waals surface area contributed by atoms with Crippen LogP contribution < -0.4 is 15.0 Å². The summed E-state index contributed by atoms with van der Waals surface area (Å²) in [4.78, 5) is 13.7. The van der Waals surface area contributed by atoms with Crippen molar-refractivity contribution in [3.05, 3.63) is 24.3 Å². The first kappa shape index (κ1) is 12.7. The van der Waals surface area contributed by atoms with E-state index in [0.717, 1.165) is 11.4 Å². The highest BCUT2D eigenvalue weighted by atomic mass is 16.5. The van der Waals surface area contributed by atoms with E-state index in [1.807, 2.05) is 36.1 Å². The summed E-state index contributed by atoms with van der Waals surface area (Å²) in [5, 5.41) is 12.2. The van der Waals surface area contributed by atoms with E-state index >= 15 is 0 Å². The monoisotopic (exact) mass is 250 g/mol. The molecule has 1 aromatic rings. The van der Waals surface area contributed by atoms with Gasteiger partial charge in [-0.05, 0) is 19.1 Å². The fourth-order valence-electron chi connectivity index (χ4n) is 2.20. The van der Waals surface area contributed by atoms with E-state index in [4.69, 9.17) is 4.74 Å². The lowest BCUT2D eigenvalue weighted by atomic mass is 10.1. The molecule has 2 N–H and O–H groups in total. The Balaban J connectivity index is 2.30. The second-order valence-corrected chi connectivity index (χ2v) is 4.46. The first-order valence-corrected chi connectivity index (χ1v) is 5.97. The normalized spacial score (nSPS) is 23.7. The predicted molar refractivity (Wildman–Crippen MR) is 68.8 cm³/mol. The zero-order chi connectivity index (χ0) is 13.1. The van der Waals surface area contributed by atoms with Crippen LogP contribution in [0.25, 0.3) is 0 Å². The molecule has 0 aromatic heterocycles. The minimum atomic E-state index is -0.534. The Morgan fingerprint density at radius 1 is 1.56 bits per heavy atom. The molecule has 1 heterocycles. The van der Waals surface area contributed by atoms with Gasteiger partial charge in [0.1, 0.15) is 11.8 Å². The molecule has 2 atom stereocenters. The standard InChI is InChI=1S/C13H18N2O3/c1-9-7-15(12(8-16)13(17)14-9)10-4-3-5-11(6-10)18-2/h3-6,9,12,16H,7-8H2,1-2H3,(H,14,17). The van der Waals surface area contributed by atoms with E-state index in [1.165, 1.54) is 0 Å². The van der Waals surface area contributed by atoms with Gasteiger partial charge in [-0.3, -0.25) is 4.79 Å². The molecule has 0 spiro atoms. The van der Waals surface area contributed by atoms with Crippen LogP contribution in [0, 0.1) is 0 Å². The molecule has 98 valence electrons. The van der Waals surface area contributed by atoms with Crippen LogP contribution >= 0.6 is 0 Å². The number of hydrogen-bond donors (Lipinski definition) is 2. The number of aliphatic hydroxyl groups is 1. The molecule has 0 bridgehead atoms. The number of nitrogens with zero attached hydrogens (tertiary/aromatic N) is 1. The summed E-state index contributed by atoms with van der Waals surface area (Å²) in [7, 11) is 1.61. The molecule has 0 radical (unpaired) electrons. The van der Waals surface area contributed by atoms with Gasteiger partial charge in [0.15, 0.2) is 0 Å². The number of ether oxygens (including phenoxy) is 1. The van der Waals surface area contributed by atoms with Crippen molar-refractivity contribution in [1.29, 1.82) is 0 Å². The first-order chi connectivity index (χ1) is 8.65. The number of methoxy groups -OCH3 is 1. The molecule has 5 nitrogen and oxygen atoms in total. The smallest absolute Gasteiger partial charge is 0.245 e. The molecule has 1 aliphatic rings. The Morgan fingerprint density at radius 2 is 2.33 bits per heavy atom. The molecular formula is C13H18N2O3. The third-order valence-corrected chi connectivity index (χ3v) is 3.10. The van der Waals surface area contributed by atoms with Crippen LogP contribution in [0.5, 0.6) is 5.75 Å². The summed E-state index contributed by atoms with van der Waals surface area (Å²) in [6.45, 7) is 2.42. The molecule has 1 amide bonds. The largest absolute Gasteiger partial charge is 0.497 e. The van der Waals surface area contributed by atoms with Crippen molar-refractivity contribution < 1.29 is 14.6 Å². The number of benzene rings is 1. The Labute approximate surface area is 106 Å². The van der Waals surface area contributed by atoms with Gasteiger partial charge in [0.25, 0.3) is 0 Å². The molecule has 2 unspecified atom stereocenters. The van der Waals surface area contributed by atoms with Crippen molar-refractivity contribution in [3.63, 3.8) is 0 Å². The van der Waals surface area contributed by atoms with Crippen molar-refractivity contribution in [2.75, 3.05) is 25.2 Å². The Bertz CT molecular complexity index is 436. The van der Waals surface area contributed by atoms with E-state index in [1.54, 1.807) is 7.11 Å². The number of amides is 1. The summed E-state index contributed by atoms with van der Waals surface area (Å²) in [5.74, 6) is 0.599. The van der Waals surface area contributed by atoms with Gasteiger partial charge in [-0.2, -0.15) is 0 Å². The molecule has 1 aromatic carbocycles. The lowest BCUT2D eigenvalue weighted by Crippen LogP contribution is -2.60. The third-order valence-electron chi connectivity index (χ3n) is 3.10. The van der Waals surface area contributed by atoms with Crippen LogP contribution in [0.3, 0.4) is 0 Å². The van der Waals surface area contributed by atoms with Crippen molar-refractivity contribution >= 4 is 11.6 Å². The second kappa shape index (κ2) is 5.27. The molecule has 1 saturated heterocycles. The number of rotatable bonds is 3. The Hall–Kier alpha value is -1.75. The van der Waals surface area contributed by atoms with E-state index < -0.39 is 6.04 Å². The molecule has 0 aliphatic carbocycles. The van der Waals surface area contributed by atoms with E-state index in [0.29, 0.717) is 6.54 Å². The lowest BCUT2D eigenvalue weighted by molar-refractivity contribution is -0.125. The predicted octanol–water partition coefficient (Wildman–Crippen LogP) is 0.381. The van der Waals surface area contributed by atoms with Crippen LogP contribution in [-0.4, -0.2) is 43.4 Å². The van der Waals surface area contributed by atoms with Crippen LogP contribution in [0.1, 0.15) is 6.92 Å². The SMILES string of the molecule is COc1cccc(N2CC(C)NC(=O)C2CO)c1. The van der Waals surface area contributed by atoms with Crippen LogP contribution in [0.2, 0.25) is 0 Å². The number of carbonyl (C=O) groups excluding carboxylic acids is 1. The number of piperazine rings is 1. The number of aliphatic hydroxyl groups excluding tert-OH is 1. The van der Waals surface area contributed by atoms with Crippen molar-refractivity contribution in [3.8, 4) is 5.75 Å². The molecule has 5 heteroatoms. The minimum Gasteiger partial charge on any atom is -0.497 e. The molecule has 18 heavy (non-hydrogen) atoms. The van der Waals surface area contributed by atoms with E-state index in [-0.39, 0.29) is 18.6 Å². The maximum absolute atomic E-state index is 11.8. The van der Waals surface area contributed by atoms with Crippen molar-refractivity contribution in [1.82, 2.24) is 5.32 Å². The molecule has 1 fully saturated rings. The van der Waals surface area contributed by atoms with E-state index in [2.05, 4.69) is 5.32 Å². The summed E-state index contributed by atoms with van der Waals surface area (Å²) in [5.41, 5.74) is 0.884. The van der Waals surface area contributed by atoms with Gasteiger partial charge >= 0.3 is 0 Å². The van der Waals surface area contributed by atoms with Gasteiger partial charge in [0, 0.05) is 24.3 Å². The van der Waals surface area contributed by atoms with Crippen LogP contribution in [-0.2, 0) is 4.79 Å². The highest BCUT2D eigenvalue weighted by Crippen LogP contribution is 2.24. The van der Waals surface area contributed by atoms with Gasteiger partial charge in [0.2, 0.25) is 5.91 Å².